The Balaban J connectivity index is 2.63. The van der Waals surface area contributed by atoms with Gasteiger partial charge in [-0.2, -0.15) is 0 Å². The Labute approximate surface area is 131 Å². The summed E-state index contributed by atoms with van der Waals surface area (Å²) in [4.78, 5) is 25.3. The first kappa shape index (κ1) is 17.7. The fourth-order valence-corrected chi connectivity index (χ4v) is 1.90. The Morgan fingerprint density at radius 2 is 1.64 bits per heavy atom. The van der Waals surface area contributed by atoms with E-state index in [2.05, 4.69) is 23.8 Å². The summed E-state index contributed by atoms with van der Waals surface area (Å²) in [5.74, 6) is -0.186. The van der Waals surface area contributed by atoms with Crippen molar-refractivity contribution < 1.29 is 9.59 Å². The highest BCUT2D eigenvalue weighted by Gasteiger charge is 2.09. The summed E-state index contributed by atoms with van der Waals surface area (Å²) in [7, 11) is 0. The third kappa shape index (κ3) is 6.37. The molecule has 0 atom stereocenters. The lowest BCUT2D eigenvalue weighted by Gasteiger charge is -2.18. The number of rotatable bonds is 9. The summed E-state index contributed by atoms with van der Waals surface area (Å²) in [6, 6.07) is 7.08. The molecule has 0 saturated carbocycles. The van der Waals surface area contributed by atoms with E-state index < -0.39 is 0 Å². The largest absolute Gasteiger partial charge is 0.326 e. The molecule has 22 heavy (non-hydrogen) atoms. The van der Waals surface area contributed by atoms with Gasteiger partial charge in [0.25, 0.3) is 0 Å². The lowest BCUT2D eigenvalue weighted by molar-refractivity contribution is -0.117. The second-order valence-corrected chi connectivity index (χ2v) is 4.80. The third-order valence-electron chi connectivity index (χ3n) is 2.89. The van der Waals surface area contributed by atoms with Gasteiger partial charge in [-0.15, -0.1) is 13.2 Å². The molecule has 1 aromatic carbocycles. The lowest BCUT2D eigenvalue weighted by atomic mass is 10.2. The van der Waals surface area contributed by atoms with E-state index in [1.165, 1.54) is 0 Å². The van der Waals surface area contributed by atoms with Gasteiger partial charge in [-0.3, -0.25) is 14.5 Å². The van der Waals surface area contributed by atoms with Crippen LogP contribution in [-0.2, 0) is 9.59 Å². The number of amides is 2. The van der Waals surface area contributed by atoms with Gasteiger partial charge in [0.1, 0.15) is 0 Å². The third-order valence-corrected chi connectivity index (χ3v) is 2.89. The number of nitrogens with zero attached hydrogens (tertiary/aromatic N) is 1. The van der Waals surface area contributed by atoms with E-state index in [4.69, 9.17) is 0 Å². The highest BCUT2D eigenvalue weighted by molar-refractivity contribution is 5.94. The van der Waals surface area contributed by atoms with Crippen LogP contribution in [0.1, 0.15) is 13.3 Å². The molecule has 0 aliphatic heterocycles. The number of nitrogens with one attached hydrogen (secondary N) is 2. The van der Waals surface area contributed by atoms with Crippen molar-refractivity contribution >= 4 is 23.2 Å². The van der Waals surface area contributed by atoms with Crippen LogP contribution in [0.2, 0.25) is 0 Å². The molecule has 0 aliphatic rings. The number of carbonyl (C=O) groups is 2. The normalized spacial score (nSPS) is 10.1. The molecule has 0 saturated heterocycles. The van der Waals surface area contributed by atoms with Gasteiger partial charge in [0, 0.05) is 30.9 Å². The molecule has 5 heteroatoms. The second kappa shape index (κ2) is 9.52. The molecule has 0 bridgehead atoms. The van der Waals surface area contributed by atoms with Crippen molar-refractivity contribution in [2.45, 2.75) is 13.3 Å². The van der Waals surface area contributed by atoms with Crippen molar-refractivity contribution in [3.05, 3.63) is 49.6 Å². The second-order valence-electron chi connectivity index (χ2n) is 4.80. The van der Waals surface area contributed by atoms with Gasteiger partial charge in [0.15, 0.2) is 0 Å². The van der Waals surface area contributed by atoms with Crippen LogP contribution in [0.15, 0.2) is 49.6 Å². The van der Waals surface area contributed by atoms with E-state index >= 15 is 0 Å². The van der Waals surface area contributed by atoms with Crippen LogP contribution in [-0.4, -0.2) is 36.3 Å². The molecule has 0 radical (unpaired) electrons. The zero-order valence-electron chi connectivity index (χ0n) is 13.0. The van der Waals surface area contributed by atoms with Gasteiger partial charge in [0.2, 0.25) is 11.8 Å². The summed E-state index contributed by atoms with van der Waals surface area (Å²) < 4.78 is 0. The van der Waals surface area contributed by atoms with Crippen LogP contribution in [0.25, 0.3) is 0 Å². The predicted octanol–water partition coefficient (Wildman–Crippen LogP) is 2.65. The van der Waals surface area contributed by atoms with E-state index in [1.807, 2.05) is 4.90 Å². The molecule has 0 unspecified atom stereocenters. The van der Waals surface area contributed by atoms with Gasteiger partial charge >= 0.3 is 0 Å². The van der Waals surface area contributed by atoms with Crippen LogP contribution in [0.3, 0.4) is 0 Å². The molecule has 0 aromatic heterocycles. The fraction of sp³-hybridized carbons (Fsp3) is 0.294. The Bertz CT molecular complexity index is 530. The van der Waals surface area contributed by atoms with E-state index in [0.29, 0.717) is 30.9 Å². The molecule has 118 valence electrons. The molecular formula is C17H23N3O2. The SMILES string of the molecule is C=CCN(CC=C)CC(=O)Nc1cccc(NC(=O)CC)c1. The van der Waals surface area contributed by atoms with E-state index in [9.17, 15) is 9.59 Å². The molecule has 5 nitrogen and oxygen atoms in total. The molecule has 2 N–H and O–H groups in total. The van der Waals surface area contributed by atoms with Crippen molar-refractivity contribution in [1.29, 1.82) is 0 Å². The maximum atomic E-state index is 12.1. The molecule has 1 aromatic rings. The van der Waals surface area contributed by atoms with E-state index in [0.717, 1.165) is 0 Å². The van der Waals surface area contributed by atoms with E-state index in [1.54, 1.807) is 43.3 Å². The lowest BCUT2D eigenvalue weighted by Crippen LogP contribution is -2.33. The first-order chi connectivity index (χ1) is 10.6. The van der Waals surface area contributed by atoms with Crippen LogP contribution in [0.4, 0.5) is 11.4 Å². The first-order valence-electron chi connectivity index (χ1n) is 7.23. The minimum atomic E-state index is -0.123. The average molecular weight is 301 g/mol. The Morgan fingerprint density at radius 3 is 2.14 bits per heavy atom. The van der Waals surface area contributed by atoms with Crippen molar-refractivity contribution in [3.8, 4) is 0 Å². The molecule has 0 fully saturated rings. The Kier molecular flexibility index (Phi) is 7.64. The van der Waals surface area contributed by atoms with E-state index in [-0.39, 0.29) is 18.4 Å². The summed E-state index contributed by atoms with van der Waals surface area (Å²) in [5.41, 5.74) is 1.31. The molecule has 1 rings (SSSR count). The zero-order chi connectivity index (χ0) is 16.4. The maximum absolute atomic E-state index is 12.1. The fourth-order valence-electron chi connectivity index (χ4n) is 1.90. The van der Waals surface area contributed by atoms with Crippen LogP contribution < -0.4 is 10.6 Å². The number of benzene rings is 1. The zero-order valence-corrected chi connectivity index (χ0v) is 13.0. The standard InChI is InChI=1S/C17H23N3O2/c1-4-10-20(11-5-2)13-17(22)19-15-9-7-8-14(12-15)18-16(21)6-3/h4-5,7-9,12H,1-2,6,10-11,13H2,3H3,(H,18,21)(H,19,22). The van der Waals surface area contributed by atoms with Crippen LogP contribution >= 0.6 is 0 Å². The highest BCUT2D eigenvalue weighted by Crippen LogP contribution is 2.15. The highest BCUT2D eigenvalue weighted by atomic mass is 16.2. The minimum absolute atomic E-state index is 0.0633. The molecule has 2 amide bonds. The van der Waals surface area contributed by atoms with Crippen molar-refractivity contribution in [3.63, 3.8) is 0 Å². The van der Waals surface area contributed by atoms with Crippen molar-refractivity contribution in [2.24, 2.45) is 0 Å². The first-order valence-corrected chi connectivity index (χ1v) is 7.23. The predicted molar refractivity (Wildman–Crippen MR) is 90.8 cm³/mol. The molecule has 0 spiro atoms. The Morgan fingerprint density at radius 1 is 1.09 bits per heavy atom. The summed E-state index contributed by atoms with van der Waals surface area (Å²) in [6.45, 7) is 10.6. The monoisotopic (exact) mass is 301 g/mol. The van der Waals surface area contributed by atoms with Gasteiger partial charge in [-0.25, -0.2) is 0 Å². The van der Waals surface area contributed by atoms with Gasteiger partial charge < -0.3 is 10.6 Å². The minimum Gasteiger partial charge on any atom is -0.326 e. The number of carbonyl (C=O) groups excluding carboxylic acids is 2. The number of hydrogen-bond acceptors (Lipinski definition) is 3. The molecular weight excluding hydrogens is 278 g/mol. The van der Waals surface area contributed by atoms with Crippen LogP contribution in [0, 0.1) is 0 Å². The molecule has 0 heterocycles. The van der Waals surface area contributed by atoms with Gasteiger partial charge in [0.05, 0.1) is 6.54 Å². The quantitative estimate of drug-likeness (QED) is 0.689. The smallest absolute Gasteiger partial charge is 0.238 e. The number of anilines is 2. The topological polar surface area (TPSA) is 61.4 Å². The van der Waals surface area contributed by atoms with Crippen molar-refractivity contribution in [2.75, 3.05) is 30.3 Å². The summed E-state index contributed by atoms with van der Waals surface area (Å²) >= 11 is 0. The van der Waals surface area contributed by atoms with Gasteiger partial charge in [-0.05, 0) is 18.2 Å². The summed E-state index contributed by atoms with van der Waals surface area (Å²) in [5, 5.41) is 5.58. The average Bonchev–Trinajstić information content (AvgIpc) is 2.47. The van der Waals surface area contributed by atoms with Crippen LogP contribution in [0.5, 0.6) is 0 Å². The summed E-state index contributed by atoms with van der Waals surface area (Å²) in [6.07, 6.45) is 3.91. The molecule has 0 aliphatic carbocycles. The maximum Gasteiger partial charge on any atom is 0.238 e. The Hall–Kier alpha value is -2.40. The number of hydrogen-bond donors (Lipinski definition) is 2. The van der Waals surface area contributed by atoms with Crippen molar-refractivity contribution in [1.82, 2.24) is 4.90 Å². The van der Waals surface area contributed by atoms with Gasteiger partial charge in [-0.1, -0.05) is 25.1 Å².